The number of nitrogens with zero attached hydrogens (tertiary/aromatic N) is 2. The number of carbonyl (C=O) groups excluding carboxylic acids is 1. The Morgan fingerprint density at radius 3 is 2.67 bits per heavy atom. The summed E-state index contributed by atoms with van der Waals surface area (Å²) in [5.41, 5.74) is 0. The predicted octanol–water partition coefficient (Wildman–Crippen LogP) is 3.25. The van der Waals surface area contributed by atoms with E-state index < -0.39 is 0 Å². The Balaban J connectivity index is 2.41. The molecule has 1 atom stereocenters. The molecule has 1 rings (SSSR count). The molecule has 0 aliphatic rings. The number of thioether (sulfide) groups is 2. The van der Waals surface area contributed by atoms with E-state index >= 15 is 0 Å². The van der Waals surface area contributed by atoms with Crippen LogP contribution in [0.15, 0.2) is 21.3 Å². The van der Waals surface area contributed by atoms with Gasteiger partial charge in [-0.25, -0.2) is 4.79 Å². The van der Waals surface area contributed by atoms with Crippen LogP contribution >= 0.6 is 34.9 Å². The summed E-state index contributed by atoms with van der Waals surface area (Å²) < 4.78 is 7.10. The average Bonchev–Trinajstić information content (AvgIpc) is 2.82. The summed E-state index contributed by atoms with van der Waals surface area (Å²) >= 11 is 4.83. The second-order valence-electron chi connectivity index (χ2n) is 3.25. The third-order valence-electron chi connectivity index (χ3n) is 1.95. The number of hydrogen-bond donors (Lipinski definition) is 0. The average molecular weight is 304 g/mol. The molecule has 1 heterocycles. The van der Waals surface area contributed by atoms with Crippen LogP contribution in [0.2, 0.25) is 0 Å². The fourth-order valence-electron chi connectivity index (χ4n) is 1.05. The summed E-state index contributed by atoms with van der Waals surface area (Å²) in [5.74, 6) is 1.32. The zero-order chi connectivity index (χ0) is 13.4. The minimum Gasteiger partial charge on any atom is -0.458 e. The Hall–Kier alpha value is -0.530. The first-order valence-electron chi connectivity index (χ1n) is 5.61. The third-order valence-corrected chi connectivity index (χ3v) is 5.16. The maximum Gasteiger partial charge on any atom is 0.330 e. The summed E-state index contributed by atoms with van der Waals surface area (Å²) in [6.07, 6.45) is 1.86. The van der Waals surface area contributed by atoms with Crippen molar-refractivity contribution in [1.82, 2.24) is 10.2 Å². The molecule has 0 amide bonds. The van der Waals surface area contributed by atoms with Crippen LogP contribution in [0.4, 0.5) is 0 Å². The Kier molecular flexibility index (Phi) is 7.38. The third kappa shape index (κ3) is 5.41. The quantitative estimate of drug-likeness (QED) is 0.417. The monoisotopic (exact) mass is 304 g/mol. The van der Waals surface area contributed by atoms with E-state index in [1.165, 1.54) is 6.08 Å². The summed E-state index contributed by atoms with van der Waals surface area (Å²) in [6, 6.07) is 0. The maximum atomic E-state index is 11.1. The van der Waals surface area contributed by atoms with E-state index in [0.717, 1.165) is 20.9 Å². The molecule has 0 aliphatic heterocycles. The van der Waals surface area contributed by atoms with E-state index in [1.807, 2.05) is 6.92 Å². The van der Waals surface area contributed by atoms with Gasteiger partial charge in [0.05, 0.1) is 0 Å². The lowest BCUT2D eigenvalue weighted by molar-refractivity contribution is -0.141. The zero-order valence-corrected chi connectivity index (χ0v) is 12.9. The first-order chi connectivity index (χ1) is 8.69. The Bertz CT molecular complexity index is 395. The topological polar surface area (TPSA) is 52.1 Å². The van der Waals surface area contributed by atoms with Crippen molar-refractivity contribution in [2.45, 2.75) is 35.1 Å². The molecule has 0 fully saturated rings. The van der Waals surface area contributed by atoms with Gasteiger partial charge in [0.2, 0.25) is 0 Å². The lowest BCUT2D eigenvalue weighted by Crippen LogP contribution is -2.18. The van der Waals surface area contributed by atoms with E-state index in [0.29, 0.717) is 5.75 Å². The van der Waals surface area contributed by atoms with Gasteiger partial charge in [0.25, 0.3) is 0 Å². The summed E-state index contributed by atoms with van der Waals surface area (Å²) in [6.45, 7) is 7.46. The fraction of sp³-hybridized carbons (Fsp3) is 0.545. The van der Waals surface area contributed by atoms with Gasteiger partial charge in [-0.05, 0) is 12.2 Å². The fourth-order valence-corrected chi connectivity index (χ4v) is 4.10. The molecule has 0 bridgehead atoms. The molecule has 7 heteroatoms. The lowest BCUT2D eigenvalue weighted by atomic mass is 10.3. The second kappa shape index (κ2) is 8.55. The number of carbonyl (C=O) groups is 1. The van der Waals surface area contributed by atoms with E-state index in [4.69, 9.17) is 4.74 Å². The number of hydrogen-bond acceptors (Lipinski definition) is 7. The van der Waals surface area contributed by atoms with E-state index in [2.05, 4.69) is 23.7 Å². The molecule has 0 aliphatic carbocycles. The van der Waals surface area contributed by atoms with E-state index in [9.17, 15) is 4.79 Å². The number of rotatable bonds is 8. The zero-order valence-electron chi connectivity index (χ0n) is 10.4. The lowest BCUT2D eigenvalue weighted by Gasteiger charge is -2.13. The Labute approximate surface area is 120 Å². The van der Waals surface area contributed by atoms with Crippen LogP contribution in [0.1, 0.15) is 20.3 Å². The largest absolute Gasteiger partial charge is 0.458 e. The van der Waals surface area contributed by atoms with E-state index in [1.54, 1.807) is 34.9 Å². The Morgan fingerprint density at radius 1 is 1.44 bits per heavy atom. The minimum atomic E-state index is -0.373. The van der Waals surface area contributed by atoms with Gasteiger partial charge in [-0.2, -0.15) is 0 Å². The molecule has 1 aromatic rings. The molecular weight excluding hydrogens is 288 g/mol. The minimum absolute atomic E-state index is 0.105. The predicted molar refractivity (Wildman–Crippen MR) is 77.4 cm³/mol. The van der Waals surface area contributed by atoms with Crippen molar-refractivity contribution < 1.29 is 9.53 Å². The van der Waals surface area contributed by atoms with E-state index in [-0.39, 0.29) is 12.1 Å². The molecule has 1 unspecified atom stereocenters. The SMILES string of the molecule is C=CC(=O)OC(CC)CSc1nnc(SCC)s1. The van der Waals surface area contributed by atoms with Crippen LogP contribution in [0, 0.1) is 0 Å². The normalized spacial score (nSPS) is 12.1. The first-order valence-corrected chi connectivity index (χ1v) is 8.40. The van der Waals surface area contributed by atoms with Crippen LogP contribution < -0.4 is 0 Å². The van der Waals surface area contributed by atoms with Gasteiger partial charge in [0.1, 0.15) is 6.10 Å². The number of esters is 1. The Morgan fingerprint density at radius 2 is 2.11 bits per heavy atom. The van der Waals surface area contributed by atoms with Crippen LogP contribution in [0.3, 0.4) is 0 Å². The highest BCUT2D eigenvalue weighted by Gasteiger charge is 2.13. The smallest absolute Gasteiger partial charge is 0.330 e. The van der Waals surface area contributed by atoms with Gasteiger partial charge in [0.15, 0.2) is 8.68 Å². The van der Waals surface area contributed by atoms with Crippen molar-refractivity contribution in [3.63, 3.8) is 0 Å². The van der Waals surface area contributed by atoms with Crippen molar-refractivity contribution in [2.24, 2.45) is 0 Å². The van der Waals surface area contributed by atoms with Gasteiger partial charge in [0, 0.05) is 11.8 Å². The molecule has 4 nitrogen and oxygen atoms in total. The summed E-state index contributed by atoms with van der Waals surface area (Å²) in [4.78, 5) is 11.1. The van der Waals surface area contributed by atoms with Gasteiger partial charge >= 0.3 is 5.97 Å². The van der Waals surface area contributed by atoms with Crippen LogP contribution in [-0.2, 0) is 9.53 Å². The molecule has 0 saturated carbocycles. The molecule has 0 radical (unpaired) electrons. The molecule has 100 valence electrons. The standard InChI is InChI=1S/C11H16N2O2S3/c1-4-8(15-9(14)5-2)7-17-11-13-12-10(18-11)16-6-3/h5,8H,2,4,6-7H2,1,3H3. The number of ether oxygens (including phenoxy) is 1. The summed E-state index contributed by atoms with van der Waals surface area (Å²) in [7, 11) is 0. The van der Waals surface area contributed by atoms with Crippen LogP contribution in [0.25, 0.3) is 0 Å². The molecular formula is C11H16N2O2S3. The van der Waals surface area contributed by atoms with Gasteiger partial charge in [-0.15, -0.1) is 10.2 Å². The van der Waals surface area contributed by atoms with Crippen molar-refractivity contribution in [1.29, 1.82) is 0 Å². The number of aromatic nitrogens is 2. The molecule has 0 spiro atoms. The van der Waals surface area contributed by atoms with Crippen molar-refractivity contribution in [3.05, 3.63) is 12.7 Å². The van der Waals surface area contributed by atoms with Crippen molar-refractivity contribution in [3.8, 4) is 0 Å². The first kappa shape index (κ1) is 15.5. The summed E-state index contributed by atoms with van der Waals surface area (Å²) in [5, 5.41) is 8.16. The van der Waals surface area contributed by atoms with Crippen LogP contribution in [-0.4, -0.2) is 33.8 Å². The maximum absolute atomic E-state index is 11.1. The second-order valence-corrected chi connectivity index (χ2v) is 7.00. The molecule has 18 heavy (non-hydrogen) atoms. The highest BCUT2D eigenvalue weighted by molar-refractivity contribution is 8.03. The highest BCUT2D eigenvalue weighted by Crippen LogP contribution is 2.29. The van der Waals surface area contributed by atoms with Crippen molar-refractivity contribution >= 4 is 40.8 Å². The highest BCUT2D eigenvalue weighted by atomic mass is 32.2. The molecule has 0 N–H and O–H groups in total. The molecule has 1 aromatic heterocycles. The van der Waals surface area contributed by atoms with Crippen molar-refractivity contribution in [2.75, 3.05) is 11.5 Å². The molecule has 0 aromatic carbocycles. The van der Waals surface area contributed by atoms with Crippen LogP contribution in [0.5, 0.6) is 0 Å². The van der Waals surface area contributed by atoms with Gasteiger partial charge in [-0.1, -0.05) is 55.3 Å². The van der Waals surface area contributed by atoms with Gasteiger partial charge < -0.3 is 4.74 Å². The van der Waals surface area contributed by atoms with Gasteiger partial charge in [-0.3, -0.25) is 0 Å². The molecule has 0 saturated heterocycles.